The molecule has 3 N–H and O–H groups in total. The van der Waals surface area contributed by atoms with Crippen LogP contribution in [-0.2, 0) is 9.59 Å². The molecule has 1 saturated heterocycles. The standard InChI is InChI=1S/C19H24FN5O2/c20-12-1-3-15(4-2-12)25-17(18(21)26)11-16(23-25)19(27)22-13-7-9-24(10-8-13)14-5-6-14/h1-4,13-14,17H,5-11H2,(H2,21,26)(H,22,27). The summed E-state index contributed by atoms with van der Waals surface area (Å²) in [4.78, 5) is 27.0. The van der Waals surface area contributed by atoms with E-state index in [0.717, 1.165) is 32.0 Å². The van der Waals surface area contributed by atoms with Gasteiger partial charge in [-0.05, 0) is 49.9 Å². The van der Waals surface area contributed by atoms with Crippen molar-refractivity contribution in [1.82, 2.24) is 10.2 Å². The fourth-order valence-corrected chi connectivity index (χ4v) is 3.82. The van der Waals surface area contributed by atoms with Crippen LogP contribution in [-0.4, -0.2) is 53.6 Å². The molecule has 7 nitrogen and oxygen atoms in total. The van der Waals surface area contributed by atoms with Crippen molar-refractivity contribution in [3.8, 4) is 0 Å². The number of rotatable bonds is 5. The molecule has 1 atom stereocenters. The Labute approximate surface area is 157 Å². The number of anilines is 1. The van der Waals surface area contributed by atoms with Crippen LogP contribution in [0.4, 0.5) is 10.1 Å². The summed E-state index contributed by atoms with van der Waals surface area (Å²) in [6.07, 6.45) is 4.59. The molecular weight excluding hydrogens is 349 g/mol. The lowest BCUT2D eigenvalue weighted by atomic mass is 10.0. The van der Waals surface area contributed by atoms with Crippen molar-refractivity contribution >= 4 is 23.2 Å². The average molecular weight is 373 g/mol. The van der Waals surface area contributed by atoms with Crippen LogP contribution < -0.4 is 16.1 Å². The van der Waals surface area contributed by atoms with Gasteiger partial charge >= 0.3 is 0 Å². The summed E-state index contributed by atoms with van der Waals surface area (Å²) < 4.78 is 13.2. The number of hydrogen-bond donors (Lipinski definition) is 2. The van der Waals surface area contributed by atoms with E-state index in [-0.39, 0.29) is 29.9 Å². The predicted octanol–water partition coefficient (Wildman–Crippen LogP) is 0.989. The monoisotopic (exact) mass is 373 g/mol. The third kappa shape index (κ3) is 3.95. The number of nitrogens with two attached hydrogens (primary N) is 1. The Morgan fingerprint density at radius 3 is 2.37 bits per heavy atom. The van der Waals surface area contributed by atoms with Gasteiger partial charge in [-0.1, -0.05) is 0 Å². The first-order chi connectivity index (χ1) is 13.0. The van der Waals surface area contributed by atoms with Crippen molar-refractivity contribution < 1.29 is 14.0 Å². The van der Waals surface area contributed by atoms with Gasteiger partial charge in [0, 0.05) is 31.6 Å². The van der Waals surface area contributed by atoms with Crippen LogP contribution >= 0.6 is 0 Å². The molecule has 1 aromatic rings. The highest BCUT2D eigenvalue weighted by atomic mass is 19.1. The second-order valence-electron chi connectivity index (χ2n) is 7.50. The average Bonchev–Trinajstić information content (AvgIpc) is 3.40. The molecule has 1 saturated carbocycles. The molecule has 8 heteroatoms. The number of benzene rings is 1. The van der Waals surface area contributed by atoms with E-state index in [1.165, 1.54) is 42.1 Å². The van der Waals surface area contributed by atoms with Crippen LogP contribution in [0, 0.1) is 5.82 Å². The number of amides is 2. The molecule has 144 valence electrons. The highest BCUT2D eigenvalue weighted by molar-refractivity contribution is 6.40. The zero-order valence-corrected chi connectivity index (χ0v) is 15.1. The molecule has 1 unspecified atom stereocenters. The number of hydrazone groups is 1. The number of likely N-dealkylation sites (tertiary alicyclic amines) is 1. The van der Waals surface area contributed by atoms with E-state index < -0.39 is 11.9 Å². The number of carbonyl (C=O) groups excluding carboxylic acids is 2. The third-order valence-corrected chi connectivity index (χ3v) is 5.52. The summed E-state index contributed by atoms with van der Waals surface area (Å²) >= 11 is 0. The highest BCUT2D eigenvalue weighted by Crippen LogP contribution is 2.29. The Hall–Kier alpha value is -2.48. The van der Waals surface area contributed by atoms with E-state index in [1.54, 1.807) is 0 Å². The number of hydrogen-bond acceptors (Lipinski definition) is 5. The van der Waals surface area contributed by atoms with E-state index >= 15 is 0 Å². The van der Waals surface area contributed by atoms with Gasteiger partial charge in [0.25, 0.3) is 5.91 Å². The smallest absolute Gasteiger partial charge is 0.267 e. The predicted molar refractivity (Wildman–Crippen MR) is 99.7 cm³/mol. The number of primary amides is 1. The third-order valence-electron chi connectivity index (χ3n) is 5.52. The summed E-state index contributed by atoms with van der Waals surface area (Å²) in [5.41, 5.74) is 6.30. The van der Waals surface area contributed by atoms with Gasteiger partial charge in [0.05, 0.1) is 5.69 Å². The van der Waals surface area contributed by atoms with Gasteiger partial charge in [-0.2, -0.15) is 5.10 Å². The molecule has 1 aliphatic carbocycles. The Morgan fingerprint density at radius 1 is 1.11 bits per heavy atom. The minimum Gasteiger partial charge on any atom is -0.368 e. The molecule has 2 amide bonds. The van der Waals surface area contributed by atoms with Crippen LogP contribution in [0.15, 0.2) is 29.4 Å². The van der Waals surface area contributed by atoms with Gasteiger partial charge in [-0.25, -0.2) is 4.39 Å². The van der Waals surface area contributed by atoms with Gasteiger partial charge in [0.15, 0.2) is 0 Å². The van der Waals surface area contributed by atoms with Crippen molar-refractivity contribution in [1.29, 1.82) is 0 Å². The van der Waals surface area contributed by atoms with Gasteiger partial charge < -0.3 is 16.0 Å². The fraction of sp³-hybridized carbons (Fsp3) is 0.526. The van der Waals surface area contributed by atoms with Gasteiger partial charge in [-0.3, -0.25) is 14.6 Å². The van der Waals surface area contributed by atoms with E-state index in [2.05, 4.69) is 15.3 Å². The van der Waals surface area contributed by atoms with Crippen molar-refractivity contribution in [2.75, 3.05) is 18.1 Å². The molecule has 3 aliphatic rings. The summed E-state index contributed by atoms with van der Waals surface area (Å²) in [7, 11) is 0. The highest BCUT2D eigenvalue weighted by Gasteiger charge is 2.36. The molecule has 0 aromatic heterocycles. The number of piperidine rings is 1. The zero-order valence-electron chi connectivity index (χ0n) is 15.1. The Balaban J connectivity index is 1.41. The second kappa shape index (κ2) is 7.26. The molecular formula is C19H24FN5O2. The number of nitrogens with one attached hydrogen (secondary N) is 1. The van der Waals surface area contributed by atoms with Gasteiger partial charge in [-0.15, -0.1) is 0 Å². The molecule has 2 fully saturated rings. The number of carbonyl (C=O) groups is 2. The number of halogens is 1. The largest absolute Gasteiger partial charge is 0.368 e. The fourth-order valence-electron chi connectivity index (χ4n) is 3.82. The van der Waals surface area contributed by atoms with Crippen molar-refractivity contribution in [2.45, 2.75) is 50.2 Å². The first-order valence-electron chi connectivity index (χ1n) is 9.48. The number of nitrogens with zero attached hydrogens (tertiary/aromatic N) is 3. The lowest BCUT2D eigenvalue weighted by molar-refractivity contribution is -0.119. The Kier molecular flexibility index (Phi) is 4.82. The summed E-state index contributed by atoms with van der Waals surface area (Å²) in [6.45, 7) is 2.02. The van der Waals surface area contributed by atoms with Crippen molar-refractivity contribution in [3.63, 3.8) is 0 Å². The molecule has 2 aliphatic heterocycles. The quantitative estimate of drug-likeness (QED) is 0.805. The van der Waals surface area contributed by atoms with E-state index in [9.17, 15) is 14.0 Å². The van der Waals surface area contributed by atoms with E-state index in [4.69, 9.17) is 5.73 Å². The first-order valence-corrected chi connectivity index (χ1v) is 9.48. The topological polar surface area (TPSA) is 91.0 Å². The zero-order chi connectivity index (χ0) is 19.0. The van der Waals surface area contributed by atoms with Crippen LogP contribution in [0.25, 0.3) is 0 Å². The Morgan fingerprint density at radius 2 is 1.78 bits per heavy atom. The molecule has 4 rings (SSSR count). The van der Waals surface area contributed by atoms with Crippen LogP contribution in [0.1, 0.15) is 32.1 Å². The molecule has 0 spiro atoms. The van der Waals surface area contributed by atoms with E-state index in [1.807, 2.05) is 0 Å². The van der Waals surface area contributed by atoms with Gasteiger partial charge in [0.1, 0.15) is 17.6 Å². The maximum atomic E-state index is 13.2. The molecule has 0 bridgehead atoms. The molecule has 1 aromatic carbocycles. The minimum atomic E-state index is -0.743. The van der Waals surface area contributed by atoms with Crippen LogP contribution in [0.2, 0.25) is 0 Å². The maximum Gasteiger partial charge on any atom is 0.267 e. The van der Waals surface area contributed by atoms with Crippen LogP contribution in [0.5, 0.6) is 0 Å². The summed E-state index contributed by atoms with van der Waals surface area (Å²) in [5, 5.41) is 8.77. The van der Waals surface area contributed by atoms with Crippen molar-refractivity contribution in [2.24, 2.45) is 10.8 Å². The second-order valence-corrected chi connectivity index (χ2v) is 7.50. The minimum absolute atomic E-state index is 0.127. The van der Waals surface area contributed by atoms with Gasteiger partial charge in [0.2, 0.25) is 5.91 Å². The normalized spacial score (nSPS) is 24.0. The summed E-state index contributed by atoms with van der Waals surface area (Å²) in [6, 6.07) is 5.74. The SMILES string of the molecule is NC(=O)C1CC(C(=O)NC2CCN(C3CC3)CC2)=NN1c1ccc(F)cc1. The van der Waals surface area contributed by atoms with Crippen molar-refractivity contribution in [3.05, 3.63) is 30.1 Å². The maximum absolute atomic E-state index is 13.2. The van der Waals surface area contributed by atoms with Crippen LogP contribution in [0.3, 0.4) is 0 Å². The first kappa shape index (κ1) is 17.9. The lowest BCUT2D eigenvalue weighted by Gasteiger charge is -2.32. The van der Waals surface area contributed by atoms with E-state index in [0.29, 0.717) is 5.69 Å². The molecule has 27 heavy (non-hydrogen) atoms. The Bertz CT molecular complexity index is 754. The lowest BCUT2D eigenvalue weighted by Crippen LogP contribution is -2.47. The molecule has 0 radical (unpaired) electrons. The summed E-state index contributed by atoms with van der Waals surface area (Å²) in [5.74, 6) is -1.20. The molecule has 2 heterocycles.